The van der Waals surface area contributed by atoms with Crippen LogP contribution in [0.1, 0.15) is 24.0 Å². The van der Waals surface area contributed by atoms with E-state index in [1.807, 2.05) is 42.5 Å². The van der Waals surface area contributed by atoms with Crippen LogP contribution < -0.4 is 5.32 Å². The fraction of sp³-hybridized carbons (Fsp3) is 0.310. The molecule has 3 aromatic rings. The zero-order valence-electron chi connectivity index (χ0n) is 19.7. The van der Waals surface area contributed by atoms with Crippen molar-refractivity contribution in [1.82, 2.24) is 0 Å². The summed E-state index contributed by atoms with van der Waals surface area (Å²) < 4.78 is 6.69. The van der Waals surface area contributed by atoms with Gasteiger partial charge in [-0.25, -0.2) is 4.79 Å². The molecule has 35 heavy (non-hydrogen) atoms. The van der Waals surface area contributed by atoms with Crippen LogP contribution in [-0.2, 0) is 19.9 Å². The minimum Gasteiger partial charge on any atom is -0.453 e. The van der Waals surface area contributed by atoms with Crippen LogP contribution in [0.5, 0.6) is 0 Å². The topological polar surface area (TPSA) is 75.6 Å². The van der Waals surface area contributed by atoms with E-state index in [4.69, 9.17) is 4.74 Å². The van der Waals surface area contributed by atoms with Crippen molar-refractivity contribution in [2.24, 2.45) is 5.92 Å². The Hall–Kier alpha value is -3.48. The zero-order chi connectivity index (χ0) is 24.3. The van der Waals surface area contributed by atoms with Crippen LogP contribution in [0.15, 0.2) is 91.0 Å². The van der Waals surface area contributed by atoms with Crippen LogP contribution in [0, 0.1) is 5.92 Å². The number of anilines is 1. The van der Waals surface area contributed by atoms with Crippen molar-refractivity contribution in [1.29, 1.82) is 0 Å². The lowest BCUT2D eigenvalue weighted by Crippen LogP contribution is -2.66. The number of piperidine rings is 3. The standard InChI is InChI=1S/C29H30N2O4/c32-27(30-25-14-8-3-9-15-25)21-31-18-16-22(17-19-31)26(20-31)35-28(33)29(34,23-10-4-1-5-11-23)24-12-6-2-7-13-24/h1-15,22,26,34H,16-21H2/p+1. The number of quaternary nitrogens is 1. The second-order valence-corrected chi connectivity index (χ2v) is 9.77. The second-order valence-electron chi connectivity index (χ2n) is 9.77. The van der Waals surface area contributed by atoms with Crippen LogP contribution in [0.4, 0.5) is 5.69 Å². The Morgan fingerprint density at radius 1 is 0.857 bits per heavy atom. The molecule has 0 spiro atoms. The van der Waals surface area contributed by atoms with E-state index in [1.54, 1.807) is 48.5 Å². The third-order valence-corrected chi connectivity index (χ3v) is 7.52. The van der Waals surface area contributed by atoms with Gasteiger partial charge >= 0.3 is 5.97 Å². The number of nitrogens with zero attached hydrogens (tertiary/aromatic N) is 1. The number of fused-ring (bicyclic) bond motifs is 3. The Kier molecular flexibility index (Phi) is 6.41. The lowest BCUT2D eigenvalue weighted by atomic mass is 9.82. The SMILES string of the molecule is O=C(C[N+]12CCC(CC1)C(OC(=O)C(O)(c1ccccc1)c1ccccc1)C2)Nc1ccccc1. The van der Waals surface area contributed by atoms with E-state index in [0.717, 1.165) is 31.6 Å². The number of aliphatic hydroxyl groups is 1. The van der Waals surface area contributed by atoms with Gasteiger partial charge in [0.15, 0.2) is 12.6 Å². The molecule has 3 aliphatic heterocycles. The third-order valence-electron chi connectivity index (χ3n) is 7.52. The molecule has 2 bridgehead atoms. The molecule has 1 atom stereocenters. The molecule has 180 valence electrons. The number of benzene rings is 3. The number of carbonyl (C=O) groups excluding carboxylic acids is 2. The number of nitrogens with one attached hydrogen (secondary N) is 1. The molecule has 3 aromatic carbocycles. The predicted octanol–water partition coefficient (Wildman–Crippen LogP) is 3.71. The molecule has 1 amide bonds. The smallest absolute Gasteiger partial charge is 0.348 e. The first-order valence-corrected chi connectivity index (χ1v) is 12.2. The van der Waals surface area contributed by atoms with Gasteiger partial charge < -0.3 is 19.6 Å². The van der Waals surface area contributed by atoms with Crippen molar-refractivity contribution in [3.8, 4) is 0 Å². The van der Waals surface area contributed by atoms with Crippen molar-refractivity contribution in [3.63, 3.8) is 0 Å². The second kappa shape index (κ2) is 9.64. The van der Waals surface area contributed by atoms with Gasteiger partial charge in [-0.3, -0.25) is 4.79 Å². The number of ether oxygens (including phenoxy) is 1. The molecule has 0 aromatic heterocycles. The highest BCUT2D eigenvalue weighted by Crippen LogP contribution is 2.38. The van der Waals surface area contributed by atoms with Crippen LogP contribution in [0.2, 0.25) is 0 Å². The van der Waals surface area contributed by atoms with Crippen molar-refractivity contribution in [2.75, 3.05) is 31.5 Å². The van der Waals surface area contributed by atoms with Gasteiger partial charge in [-0.2, -0.15) is 0 Å². The largest absolute Gasteiger partial charge is 0.453 e. The van der Waals surface area contributed by atoms with E-state index in [0.29, 0.717) is 28.7 Å². The molecule has 3 fully saturated rings. The molecule has 3 heterocycles. The van der Waals surface area contributed by atoms with Crippen LogP contribution in [-0.4, -0.2) is 53.7 Å². The van der Waals surface area contributed by atoms with E-state index in [1.165, 1.54) is 0 Å². The van der Waals surface area contributed by atoms with E-state index < -0.39 is 11.6 Å². The molecule has 0 aliphatic carbocycles. The van der Waals surface area contributed by atoms with Crippen molar-refractivity contribution in [3.05, 3.63) is 102 Å². The molecular formula is C29H31N2O4+. The highest BCUT2D eigenvalue weighted by Gasteiger charge is 2.51. The fourth-order valence-corrected chi connectivity index (χ4v) is 5.59. The van der Waals surface area contributed by atoms with Crippen molar-refractivity contribution in [2.45, 2.75) is 24.5 Å². The van der Waals surface area contributed by atoms with Gasteiger partial charge in [-0.15, -0.1) is 0 Å². The molecule has 3 aliphatic rings. The molecule has 6 heteroatoms. The van der Waals surface area contributed by atoms with E-state index in [9.17, 15) is 14.7 Å². The molecule has 2 N–H and O–H groups in total. The number of rotatable bonds is 7. The highest BCUT2D eigenvalue weighted by atomic mass is 16.6. The average Bonchev–Trinajstić information content (AvgIpc) is 2.90. The summed E-state index contributed by atoms with van der Waals surface area (Å²) in [4.78, 5) is 26.5. The fourth-order valence-electron chi connectivity index (χ4n) is 5.59. The Balaban J connectivity index is 1.34. The normalized spacial score (nSPS) is 23.5. The monoisotopic (exact) mass is 471 g/mol. The number of para-hydroxylation sites is 1. The van der Waals surface area contributed by atoms with Crippen LogP contribution in [0.3, 0.4) is 0 Å². The minimum absolute atomic E-state index is 0.0355. The van der Waals surface area contributed by atoms with Gasteiger partial charge in [-0.1, -0.05) is 78.9 Å². The number of esters is 1. The van der Waals surface area contributed by atoms with Gasteiger partial charge in [0, 0.05) is 24.4 Å². The molecule has 6 rings (SSSR count). The summed E-state index contributed by atoms with van der Waals surface area (Å²) in [6.07, 6.45) is 1.45. The molecule has 6 nitrogen and oxygen atoms in total. The summed E-state index contributed by atoms with van der Waals surface area (Å²) in [5.74, 6) is -0.459. The Labute approximate surface area is 205 Å². The molecule has 1 unspecified atom stereocenters. The van der Waals surface area contributed by atoms with Gasteiger partial charge in [-0.05, 0) is 23.3 Å². The number of amides is 1. The number of hydrogen-bond acceptors (Lipinski definition) is 4. The predicted molar refractivity (Wildman–Crippen MR) is 133 cm³/mol. The Morgan fingerprint density at radius 3 is 1.91 bits per heavy atom. The molecular weight excluding hydrogens is 440 g/mol. The molecule has 0 radical (unpaired) electrons. The summed E-state index contributed by atoms with van der Waals surface area (Å²) in [5.41, 5.74) is -0.169. The van der Waals surface area contributed by atoms with Crippen molar-refractivity contribution >= 4 is 17.6 Å². The van der Waals surface area contributed by atoms with Gasteiger partial charge in [0.2, 0.25) is 5.60 Å². The zero-order valence-corrected chi connectivity index (χ0v) is 19.7. The van der Waals surface area contributed by atoms with E-state index in [2.05, 4.69) is 5.32 Å². The average molecular weight is 472 g/mol. The van der Waals surface area contributed by atoms with Gasteiger partial charge in [0.05, 0.1) is 13.1 Å². The lowest BCUT2D eigenvalue weighted by Gasteiger charge is -2.51. The molecule has 3 saturated heterocycles. The van der Waals surface area contributed by atoms with Crippen LogP contribution in [0.25, 0.3) is 0 Å². The lowest BCUT2D eigenvalue weighted by molar-refractivity contribution is -0.939. The Bertz CT molecular complexity index is 1120. The number of hydrogen-bond donors (Lipinski definition) is 2. The first-order valence-electron chi connectivity index (χ1n) is 12.2. The summed E-state index contributed by atoms with van der Waals surface area (Å²) in [7, 11) is 0. The number of carbonyl (C=O) groups is 2. The van der Waals surface area contributed by atoms with Gasteiger partial charge in [0.25, 0.3) is 5.91 Å². The summed E-state index contributed by atoms with van der Waals surface area (Å²) in [5, 5.41) is 14.7. The maximum Gasteiger partial charge on any atom is 0.348 e. The third kappa shape index (κ3) is 4.72. The summed E-state index contributed by atoms with van der Waals surface area (Å²) >= 11 is 0. The van der Waals surface area contributed by atoms with Crippen molar-refractivity contribution < 1.29 is 23.9 Å². The summed E-state index contributed by atoms with van der Waals surface area (Å²) in [6.45, 7) is 2.71. The first-order chi connectivity index (χ1) is 17.0. The van der Waals surface area contributed by atoms with Crippen LogP contribution >= 0.6 is 0 Å². The maximum absolute atomic E-state index is 13.6. The van der Waals surface area contributed by atoms with E-state index in [-0.39, 0.29) is 17.9 Å². The Morgan fingerprint density at radius 2 is 1.37 bits per heavy atom. The highest BCUT2D eigenvalue weighted by molar-refractivity contribution is 5.91. The van der Waals surface area contributed by atoms with Gasteiger partial charge in [0.1, 0.15) is 6.54 Å². The quantitative estimate of drug-likeness (QED) is 0.407. The summed E-state index contributed by atoms with van der Waals surface area (Å²) in [6, 6.07) is 27.3. The molecule has 0 saturated carbocycles. The van der Waals surface area contributed by atoms with E-state index >= 15 is 0 Å². The maximum atomic E-state index is 13.6. The first kappa shape index (κ1) is 23.3. The minimum atomic E-state index is -1.90.